The molecule has 1 aromatic rings. The Balaban J connectivity index is 1.71. The lowest BCUT2D eigenvalue weighted by molar-refractivity contribution is 0.261. The van der Waals surface area contributed by atoms with Crippen LogP contribution in [0.4, 0.5) is 0 Å². The van der Waals surface area contributed by atoms with E-state index >= 15 is 0 Å². The third kappa shape index (κ3) is 4.03. The van der Waals surface area contributed by atoms with Crippen LogP contribution in [-0.4, -0.2) is 21.3 Å². The fourth-order valence-electron chi connectivity index (χ4n) is 3.06. The van der Waals surface area contributed by atoms with Gasteiger partial charge in [0.05, 0.1) is 6.54 Å². The van der Waals surface area contributed by atoms with E-state index in [9.17, 15) is 0 Å². The quantitative estimate of drug-likeness (QED) is 0.858. The zero-order chi connectivity index (χ0) is 13.7. The lowest BCUT2D eigenvalue weighted by Gasteiger charge is -2.27. The minimum Gasteiger partial charge on any atom is -0.310 e. The normalized spacial score (nSPS) is 24.0. The highest BCUT2D eigenvalue weighted by Crippen LogP contribution is 2.30. The van der Waals surface area contributed by atoms with Crippen LogP contribution < -0.4 is 5.32 Å². The summed E-state index contributed by atoms with van der Waals surface area (Å²) in [6, 6.07) is 0.388. The average molecular weight is 264 g/mol. The summed E-state index contributed by atoms with van der Waals surface area (Å²) in [5.41, 5.74) is 0. The second-order valence-electron chi connectivity index (χ2n) is 6.14. The molecular formula is C15H28N4. The molecule has 1 aliphatic rings. The lowest BCUT2D eigenvalue weighted by atomic mass is 9.81. The number of nitrogens with zero attached hydrogens (tertiary/aromatic N) is 3. The van der Waals surface area contributed by atoms with Gasteiger partial charge >= 0.3 is 0 Å². The van der Waals surface area contributed by atoms with Gasteiger partial charge < -0.3 is 5.32 Å². The molecule has 0 atom stereocenters. The Hall–Kier alpha value is -0.900. The van der Waals surface area contributed by atoms with E-state index in [1.807, 2.05) is 4.68 Å². The summed E-state index contributed by atoms with van der Waals surface area (Å²) in [5.74, 6) is 2.90. The van der Waals surface area contributed by atoms with Gasteiger partial charge in [-0.25, -0.2) is 9.67 Å². The van der Waals surface area contributed by atoms with Gasteiger partial charge in [0, 0.05) is 6.04 Å². The Labute approximate surface area is 117 Å². The molecule has 4 nitrogen and oxygen atoms in total. The van der Waals surface area contributed by atoms with E-state index in [1.54, 1.807) is 6.33 Å². The summed E-state index contributed by atoms with van der Waals surface area (Å²) in [6.07, 6.45) is 8.64. The lowest BCUT2D eigenvalue weighted by Crippen LogP contribution is -2.27. The number of nitrogens with one attached hydrogen (secondary N) is 1. The molecule has 0 amide bonds. The highest BCUT2D eigenvalue weighted by molar-refractivity contribution is 4.86. The van der Waals surface area contributed by atoms with Crippen LogP contribution in [0.15, 0.2) is 6.33 Å². The Morgan fingerprint density at radius 2 is 1.95 bits per heavy atom. The standard InChI is InChI=1S/C15H28N4/c1-4-13-5-7-14(8-6-13)9-16-10-15-17-11-18-19(15)12(2)3/h11-14,16H,4-10H2,1-3H3. The molecule has 0 unspecified atom stereocenters. The maximum atomic E-state index is 4.33. The summed E-state index contributed by atoms with van der Waals surface area (Å²) in [4.78, 5) is 4.33. The molecule has 1 saturated carbocycles. The molecule has 1 N–H and O–H groups in total. The van der Waals surface area contributed by atoms with Crippen LogP contribution in [0, 0.1) is 11.8 Å². The summed E-state index contributed by atoms with van der Waals surface area (Å²) in [6.45, 7) is 8.57. The Morgan fingerprint density at radius 1 is 1.26 bits per heavy atom. The van der Waals surface area contributed by atoms with E-state index in [1.165, 1.54) is 32.1 Å². The van der Waals surface area contributed by atoms with Crippen molar-refractivity contribution >= 4 is 0 Å². The van der Waals surface area contributed by atoms with Crippen molar-refractivity contribution in [1.29, 1.82) is 0 Å². The Kier molecular flexibility index (Phi) is 5.37. The summed E-state index contributed by atoms with van der Waals surface area (Å²) >= 11 is 0. The first-order valence-electron chi connectivity index (χ1n) is 7.79. The molecule has 4 heteroatoms. The van der Waals surface area contributed by atoms with Crippen molar-refractivity contribution < 1.29 is 0 Å². The van der Waals surface area contributed by atoms with E-state index in [-0.39, 0.29) is 0 Å². The van der Waals surface area contributed by atoms with E-state index in [4.69, 9.17) is 0 Å². The van der Waals surface area contributed by atoms with Crippen LogP contribution in [0.2, 0.25) is 0 Å². The highest BCUT2D eigenvalue weighted by atomic mass is 15.3. The molecule has 0 spiro atoms. The molecule has 108 valence electrons. The van der Waals surface area contributed by atoms with Crippen LogP contribution in [-0.2, 0) is 6.54 Å². The predicted octanol–water partition coefficient (Wildman–Crippen LogP) is 3.17. The largest absolute Gasteiger partial charge is 0.310 e. The monoisotopic (exact) mass is 264 g/mol. The molecule has 0 aromatic carbocycles. The summed E-state index contributed by atoms with van der Waals surface area (Å²) < 4.78 is 2.00. The fourth-order valence-corrected chi connectivity index (χ4v) is 3.06. The van der Waals surface area contributed by atoms with Crippen molar-refractivity contribution in [3.05, 3.63) is 12.2 Å². The van der Waals surface area contributed by atoms with Gasteiger partial charge in [0.15, 0.2) is 0 Å². The SMILES string of the molecule is CCC1CCC(CNCc2ncnn2C(C)C)CC1. The third-order valence-corrected chi connectivity index (χ3v) is 4.40. The smallest absolute Gasteiger partial charge is 0.141 e. The minimum absolute atomic E-state index is 0.388. The zero-order valence-electron chi connectivity index (χ0n) is 12.6. The van der Waals surface area contributed by atoms with Gasteiger partial charge in [-0.1, -0.05) is 26.2 Å². The topological polar surface area (TPSA) is 42.7 Å². The minimum atomic E-state index is 0.388. The van der Waals surface area contributed by atoms with Crippen LogP contribution in [0.3, 0.4) is 0 Å². The molecule has 1 aliphatic carbocycles. The first-order valence-corrected chi connectivity index (χ1v) is 7.79. The molecule has 1 heterocycles. The maximum Gasteiger partial charge on any atom is 0.141 e. The molecule has 0 radical (unpaired) electrons. The van der Waals surface area contributed by atoms with E-state index in [2.05, 4.69) is 36.2 Å². The van der Waals surface area contributed by atoms with E-state index < -0.39 is 0 Å². The third-order valence-electron chi connectivity index (χ3n) is 4.40. The van der Waals surface area contributed by atoms with Gasteiger partial charge in [0.2, 0.25) is 0 Å². The van der Waals surface area contributed by atoms with Gasteiger partial charge in [0.1, 0.15) is 12.2 Å². The van der Waals surface area contributed by atoms with Crippen LogP contribution >= 0.6 is 0 Å². The van der Waals surface area contributed by atoms with E-state index in [0.717, 1.165) is 30.7 Å². The second kappa shape index (κ2) is 7.04. The fraction of sp³-hybridized carbons (Fsp3) is 0.867. The van der Waals surface area contributed by atoms with Crippen LogP contribution in [0.1, 0.15) is 64.7 Å². The van der Waals surface area contributed by atoms with Crippen molar-refractivity contribution in [3.63, 3.8) is 0 Å². The number of aromatic nitrogens is 3. The number of hydrogen-bond acceptors (Lipinski definition) is 3. The summed E-state index contributed by atoms with van der Waals surface area (Å²) in [5, 5.41) is 7.83. The van der Waals surface area contributed by atoms with Crippen LogP contribution in [0.25, 0.3) is 0 Å². The van der Waals surface area contributed by atoms with Crippen LogP contribution in [0.5, 0.6) is 0 Å². The number of rotatable bonds is 6. The van der Waals surface area contributed by atoms with Crippen molar-refractivity contribution in [2.75, 3.05) is 6.54 Å². The van der Waals surface area contributed by atoms with E-state index in [0.29, 0.717) is 6.04 Å². The first-order chi connectivity index (χ1) is 9.20. The molecule has 2 rings (SSSR count). The molecule has 19 heavy (non-hydrogen) atoms. The van der Waals surface area contributed by atoms with Gasteiger partial charge in [-0.05, 0) is 45.1 Å². The van der Waals surface area contributed by atoms with Gasteiger partial charge in [-0.2, -0.15) is 5.10 Å². The second-order valence-corrected chi connectivity index (χ2v) is 6.14. The maximum absolute atomic E-state index is 4.33. The number of hydrogen-bond donors (Lipinski definition) is 1. The summed E-state index contributed by atoms with van der Waals surface area (Å²) in [7, 11) is 0. The molecular weight excluding hydrogens is 236 g/mol. The van der Waals surface area contributed by atoms with Gasteiger partial charge in [-0.15, -0.1) is 0 Å². The Bertz CT molecular complexity index is 364. The van der Waals surface area contributed by atoms with Gasteiger partial charge in [0.25, 0.3) is 0 Å². The molecule has 1 aromatic heterocycles. The zero-order valence-corrected chi connectivity index (χ0v) is 12.6. The van der Waals surface area contributed by atoms with Gasteiger partial charge in [-0.3, -0.25) is 0 Å². The molecule has 0 bridgehead atoms. The first kappa shape index (κ1) is 14.5. The Morgan fingerprint density at radius 3 is 2.58 bits per heavy atom. The average Bonchev–Trinajstić information content (AvgIpc) is 2.88. The molecule has 0 aliphatic heterocycles. The molecule has 0 saturated heterocycles. The van der Waals surface area contributed by atoms with Crippen molar-refractivity contribution in [2.45, 2.75) is 65.5 Å². The van der Waals surface area contributed by atoms with Crippen molar-refractivity contribution in [1.82, 2.24) is 20.1 Å². The molecule has 1 fully saturated rings. The van der Waals surface area contributed by atoms with Crippen molar-refractivity contribution in [2.24, 2.45) is 11.8 Å². The van der Waals surface area contributed by atoms with Crippen molar-refractivity contribution in [3.8, 4) is 0 Å². The predicted molar refractivity (Wildman–Crippen MR) is 77.9 cm³/mol. The highest BCUT2D eigenvalue weighted by Gasteiger charge is 2.19.